The molecule has 94 valence electrons. The molecular formula is C13H9BrClF2N. The molecular weight excluding hydrogens is 324 g/mol. The summed E-state index contributed by atoms with van der Waals surface area (Å²) in [4.78, 5) is 0. The zero-order valence-electron chi connectivity index (χ0n) is 9.13. The van der Waals surface area contributed by atoms with Crippen molar-refractivity contribution < 1.29 is 8.78 Å². The normalized spacial score (nSPS) is 12.5. The summed E-state index contributed by atoms with van der Waals surface area (Å²) in [7, 11) is 0. The third-order valence-corrected chi connectivity index (χ3v) is 3.94. The van der Waals surface area contributed by atoms with Crippen molar-refractivity contribution in [2.24, 2.45) is 5.73 Å². The average Bonchev–Trinajstić information content (AvgIpc) is 2.35. The Morgan fingerprint density at radius 1 is 1.06 bits per heavy atom. The van der Waals surface area contributed by atoms with Crippen molar-refractivity contribution in [3.8, 4) is 0 Å². The maximum atomic E-state index is 13.7. The molecule has 2 aromatic carbocycles. The number of nitrogens with two attached hydrogens (primary N) is 1. The van der Waals surface area contributed by atoms with E-state index in [0.29, 0.717) is 15.1 Å². The highest BCUT2D eigenvalue weighted by Gasteiger charge is 2.19. The summed E-state index contributed by atoms with van der Waals surface area (Å²) in [5, 5.41) is 0.397. The molecule has 0 heterocycles. The van der Waals surface area contributed by atoms with Crippen LogP contribution in [0.25, 0.3) is 0 Å². The van der Waals surface area contributed by atoms with Crippen LogP contribution in [-0.4, -0.2) is 0 Å². The van der Waals surface area contributed by atoms with Crippen LogP contribution in [0.5, 0.6) is 0 Å². The minimum Gasteiger partial charge on any atom is -0.320 e. The van der Waals surface area contributed by atoms with Gasteiger partial charge in [0.1, 0.15) is 0 Å². The Morgan fingerprint density at radius 3 is 2.39 bits per heavy atom. The molecule has 1 atom stereocenters. The van der Waals surface area contributed by atoms with Crippen molar-refractivity contribution in [2.45, 2.75) is 6.04 Å². The second kappa shape index (κ2) is 5.34. The van der Waals surface area contributed by atoms with Gasteiger partial charge in [-0.15, -0.1) is 0 Å². The fourth-order valence-electron chi connectivity index (χ4n) is 1.69. The molecule has 0 spiro atoms. The van der Waals surface area contributed by atoms with Crippen molar-refractivity contribution in [1.82, 2.24) is 0 Å². The largest absolute Gasteiger partial charge is 0.320 e. The molecule has 0 fully saturated rings. The highest BCUT2D eigenvalue weighted by Crippen LogP contribution is 2.33. The van der Waals surface area contributed by atoms with Crippen LogP contribution >= 0.6 is 27.5 Å². The van der Waals surface area contributed by atoms with Gasteiger partial charge < -0.3 is 5.73 Å². The molecule has 1 unspecified atom stereocenters. The monoisotopic (exact) mass is 331 g/mol. The van der Waals surface area contributed by atoms with Crippen LogP contribution in [0.1, 0.15) is 17.2 Å². The van der Waals surface area contributed by atoms with E-state index in [1.54, 1.807) is 18.2 Å². The molecule has 0 bridgehead atoms. The second-order valence-electron chi connectivity index (χ2n) is 3.76. The van der Waals surface area contributed by atoms with Gasteiger partial charge in [-0.25, -0.2) is 8.78 Å². The van der Waals surface area contributed by atoms with E-state index < -0.39 is 17.7 Å². The van der Waals surface area contributed by atoms with Crippen molar-refractivity contribution >= 4 is 27.5 Å². The van der Waals surface area contributed by atoms with Gasteiger partial charge in [-0.05, 0) is 33.6 Å². The quantitative estimate of drug-likeness (QED) is 0.865. The van der Waals surface area contributed by atoms with Crippen LogP contribution in [0.3, 0.4) is 0 Å². The van der Waals surface area contributed by atoms with E-state index in [1.165, 1.54) is 12.1 Å². The fourth-order valence-corrected chi connectivity index (χ4v) is 2.31. The van der Waals surface area contributed by atoms with E-state index in [1.807, 2.05) is 0 Å². The van der Waals surface area contributed by atoms with Gasteiger partial charge in [-0.1, -0.05) is 35.9 Å². The third-order valence-electron chi connectivity index (χ3n) is 2.63. The minimum atomic E-state index is -0.943. The van der Waals surface area contributed by atoms with Gasteiger partial charge in [0.25, 0.3) is 0 Å². The summed E-state index contributed by atoms with van der Waals surface area (Å²) in [5.74, 6) is -1.87. The molecule has 0 aliphatic rings. The summed E-state index contributed by atoms with van der Waals surface area (Å²) < 4.78 is 27.5. The highest BCUT2D eigenvalue weighted by molar-refractivity contribution is 9.10. The van der Waals surface area contributed by atoms with E-state index in [0.717, 1.165) is 6.07 Å². The first-order valence-corrected chi connectivity index (χ1v) is 6.33. The van der Waals surface area contributed by atoms with Gasteiger partial charge in [-0.3, -0.25) is 0 Å². The van der Waals surface area contributed by atoms with Gasteiger partial charge in [0, 0.05) is 10.0 Å². The molecule has 1 nitrogen and oxygen atoms in total. The number of halogens is 4. The number of rotatable bonds is 2. The molecule has 0 amide bonds. The lowest BCUT2D eigenvalue weighted by Crippen LogP contribution is -2.15. The Labute approximate surface area is 117 Å². The van der Waals surface area contributed by atoms with Crippen molar-refractivity contribution in [3.63, 3.8) is 0 Å². The Hall–Kier alpha value is -0.970. The fraction of sp³-hybridized carbons (Fsp3) is 0.0769. The lowest BCUT2D eigenvalue weighted by atomic mass is 9.99. The molecule has 2 rings (SSSR count). The predicted octanol–water partition coefficient (Wildman–Crippen LogP) is 4.43. The van der Waals surface area contributed by atoms with E-state index in [2.05, 4.69) is 15.9 Å². The first-order chi connectivity index (χ1) is 8.52. The van der Waals surface area contributed by atoms with Crippen LogP contribution in [0.4, 0.5) is 8.78 Å². The minimum absolute atomic E-state index is 0.0787. The molecule has 0 saturated carbocycles. The van der Waals surface area contributed by atoms with Crippen LogP contribution in [0, 0.1) is 11.6 Å². The number of hydrogen-bond donors (Lipinski definition) is 1. The van der Waals surface area contributed by atoms with Crippen molar-refractivity contribution in [2.75, 3.05) is 0 Å². The lowest BCUT2D eigenvalue weighted by molar-refractivity contribution is 0.494. The zero-order chi connectivity index (χ0) is 13.3. The zero-order valence-corrected chi connectivity index (χ0v) is 11.5. The molecule has 2 N–H and O–H groups in total. The topological polar surface area (TPSA) is 26.0 Å². The van der Waals surface area contributed by atoms with E-state index >= 15 is 0 Å². The second-order valence-corrected chi connectivity index (χ2v) is 5.00. The number of hydrogen-bond acceptors (Lipinski definition) is 1. The standard InChI is InChI=1S/C13H9BrClF2N/c14-9-5-1-3-7(11(9)15)13(18)8-4-2-6-10(16)12(8)17/h1-6,13H,18H2. The van der Waals surface area contributed by atoms with Crippen LogP contribution < -0.4 is 5.73 Å². The van der Waals surface area contributed by atoms with Crippen LogP contribution in [-0.2, 0) is 0 Å². The van der Waals surface area contributed by atoms with Gasteiger partial charge in [0.2, 0.25) is 0 Å². The molecule has 0 aliphatic heterocycles. The summed E-state index contributed by atoms with van der Waals surface area (Å²) in [6.07, 6.45) is 0. The summed E-state index contributed by atoms with van der Waals surface area (Å²) in [5.41, 5.74) is 6.56. The maximum Gasteiger partial charge on any atom is 0.163 e. The molecule has 18 heavy (non-hydrogen) atoms. The number of benzene rings is 2. The predicted molar refractivity (Wildman–Crippen MR) is 71.5 cm³/mol. The van der Waals surface area contributed by atoms with Gasteiger partial charge in [-0.2, -0.15) is 0 Å². The van der Waals surface area contributed by atoms with Gasteiger partial charge >= 0.3 is 0 Å². The van der Waals surface area contributed by atoms with Crippen LogP contribution in [0.2, 0.25) is 5.02 Å². The molecule has 5 heteroatoms. The Morgan fingerprint density at radius 2 is 1.67 bits per heavy atom. The van der Waals surface area contributed by atoms with Crippen molar-refractivity contribution in [3.05, 3.63) is 68.7 Å². The molecule has 0 aromatic heterocycles. The molecule has 0 saturated heterocycles. The SMILES string of the molecule is NC(c1cccc(F)c1F)c1cccc(Br)c1Cl. The summed E-state index contributed by atoms with van der Waals surface area (Å²) in [6.45, 7) is 0. The van der Waals surface area contributed by atoms with Crippen LogP contribution in [0.15, 0.2) is 40.9 Å². The summed E-state index contributed by atoms with van der Waals surface area (Å²) >= 11 is 9.35. The first-order valence-electron chi connectivity index (χ1n) is 5.15. The third kappa shape index (κ3) is 2.41. The lowest BCUT2D eigenvalue weighted by Gasteiger charge is -2.15. The Bertz CT molecular complexity index is 538. The Balaban J connectivity index is 2.51. The Kier molecular flexibility index (Phi) is 4.00. The molecule has 2 aromatic rings. The van der Waals surface area contributed by atoms with Gasteiger partial charge in [0.15, 0.2) is 11.6 Å². The van der Waals surface area contributed by atoms with E-state index in [4.69, 9.17) is 17.3 Å². The first kappa shape index (κ1) is 13.5. The van der Waals surface area contributed by atoms with E-state index in [-0.39, 0.29) is 5.56 Å². The average molecular weight is 333 g/mol. The summed E-state index contributed by atoms with van der Waals surface area (Å²) in [6, 6.07) is 8.27. The molecule has 0 aliphatic carbocycles. The molecule has 0 radical (unpaired) electrons. The highest BCUT2D eigenvalue weighted by atomic mass is 79.9. The smallest absolute Gasteiger partial charge is 0.163 e. The van der Waals surface area contributed by atoms with E-state index in [9.17, 15) is 8.78 Å². The maximum absolute atomic E-state index is 13.7. The van der Waals surface area contributed by atoms with Gasteiger partial charge in [0.05, 0.1) is 11.1 Å². The van der Waals surface area contributed by atoms with Crippen molar-refractivity contribution in [1.29, 1.82) is 0 Å².